The highest BCUT2D eigenvalue weighted by atomic mass is 35.5. The van der Waals surface area contributed by atoms with Crippen molar-refractivity contribution >= 4 is 17.3 Å². The minimum atomic E-state index is -1.18. The van der Waals surface area contributed by atoms with Crippen LogP contribution in [0.1, 0.15) is 11.9 Å². The Hall–Kier alpha value is -1.67. The first-order valence-electron chi connectivity index (χ1n) is 8.48. The summed E-state index contributed by atoms with van der Waals surface area (Å²) in [5.41, 5.74) is 1.47. The average Bonchev–Trinajstić information content (AvgIpc) is 2.68. The summed E-state index contributed by atoms with van der Waals surface area (Å²) in [6.45, 7) is 0.245. The summed E-state index contributed by atoms with van der Waals surface area (Å²) in [6, 6.07) is 16.6. The van der Waals surface area contributed by atoms with Gasteiger partial charge in [0.2, 0.25) is 0 Å². The molecule has 2 saturated heterocycles. The van der Waals surface area contributed by atoms with E-state index in [0.29, 0.717) is 10.7 Å². The third-order valence-corrected chi connectivity index (χ3v) is 4.95. The fraction of sp³-hybridized carbons (Fsp3) is 0.368. The topological polar surface area (TPSA) is 80.2 Å². The molecular weight excluding hydrogens is 358 g/mol. The van der Waals surface area contributed by atoms with Gasteiger partial charge < -0.3 is 29.7 Å². The van der Waals surface area contributed by atoms with Crippen LogP contribution in [0, 0.1) is 0 Å². The maximum atomic E-state index is 10.6. The van der Waals surface area contributed by atoms with Gasteiger partial charge >= 0.3 is 0 Å². The summed E-state index contributed by atoms with van der Waals surface area (Å²) in [6.07, 6.45) is -4.92. The first-order valence-corrected chi connectivity index (χ1v) is 8.86. The number of fused-ring (bicyclic) bond motifs is 1. The molecule has 0 radical (unpaired) electrons. The second-order valence-corrected chi connectivity index (χ2v) is 6.78. The Morgan fingerprint density at radius 3 is 2.42 bits per heavy atom. The van der Waals surface area contributed by atoms with Crippen LogP contribution in [0.25, 0.3) is 0 Å². The van der Waals surface area contributed by atoms with Crippen LogP contribution >= 0.6 is 11.6 Å². The number of anilines is 1. The van der Waals surface area contributed by atoms with Crippen molar-refractivity contribution in [1.29, 1.82) is 0 Å². The van der Waals surface area contributed by atoms with Crippen molar-refractivity contribution in [3.8, 4) is 0 Å². The minimum Gasteiger partial charge on any atom is -0.387 e. The highest BCUT2D eigenvalue weighted by Gasteiger charge is 2.48. The molecule has 6 nitrogen and oxygen atoms in total. The quantitative estimate of drug-likeness (QED) is 0.761. The van der Waals surface area contributed by atoms with Crippen LogP contribution in [0.5, 0.6) is 0 Å². The van der Waals surface area contributed by atoms with Crippen molar-refractivity contribution in [3.05, 3.63) is 65.2 Å². The zero-order valence-electron chi connectivity index (χ0n) is 13.9. The maximum absolute atomic E-state index is 10.6. The second-order valence-electron chi connectivity index (χ2n) is 6.38. The fourth-order valence-corrected chi connectivity index (χ4v) is 3.43. The summed E-state index contributed by atoms with van der Waals surface area (Å²) >= 11 is 6.14. The second kappa shape index (κ2) is 7.52. The molecule has 3 N–H and O–H groups in total. The third kappa shape index (κ3) is 3.44. The summed E-state index contributed by atoms with van der Waals surface area (Å²) in [4.78, 5) is 0. The van der Waals surface area contributed by atoms with E-state index < -0.39 is 36.9 Å². The molecule has 0 spiro atoms. The molecule has 7 heteroatoms. The molecule has 0 saturated carbocycles. The van der Waals surface area contributed by atoms with Gasteiger partial charge in [-0.2, -0.15) is 0 Å². The van der Waals surface area contributed by atoms with E-state index in [-0.39, 0.29) is 6.61 Å². The van der Waals surface area contributed by atoms with Crippen LogP contribution in [0.2, 0.25) is 5.02 Å². The Balaban J connectivity index is 1.47. The SMILES string of the molecule is O[C@@H]1[C@@H](O)[C@H](Nc2ccccc2Cl)O[C@@H]2COC(c3ccccc3)O[C@@H]12. The first kappa shape index (κ1) is 17.7. The number of rotatable bonds is 3. The van der Waals surface area contributed by atoms with Gasteiger partial charge in [-0.1, -0.05) is 54.1 Å². The lowest BCUT2D eigenvalue weighted by atomic mass is 9.97. The van der Waals surface area contributed by atoms with Crippen LogP contribution in [-0.2, 0) is 14.2 Å². The molecule has 2 aromatic carbocycles. The van der Waals surface area contributed by atoms with E-state index in [2.05, 4.69) is 5.32 Å². The largest absolute Gasteiger partial charge is 0.387 e. The lowest BCUT2D eigenvalue weighted by Crippen LogP contribution is -2.63. The van der Waals surface area contributed by atoms with E-state index in [0.717, 1.165) is 5.56 Å². The van der Waals surface area contributed by atoms with Crippen LogP contribution in [-0.4, -0.2) is 47.5 Å². The Morgan fingerprint density at radius 1 is 0.923 bits per heavy atom. The molecule has 0 bridgehead atoms. The van der Waals surface area contributed by atoms with Crippen molar-refractivity contribution in [2.24, 2.45) is 0 Å². The zero-order valence-corrected chi connectivity index (χ0v) is 14.6. The number of hydrogen-bond acceptors (Lipinski definition) is 6. The van der Waals surface area contributed by atoms with Gasteiger partial charge in [-0.3, -0.25) is 0 Å². The molecule has 0 aliphatic carbocycles. The molecule has 6 atom stereocenters. The standard InChI is InChI=1S/C19H20ClNO5/c20-12-8-4-5-9-13(12)21-18-16(23)15(22)17-14(25-18)10-24-19(26-17)11-6-2-1-3-7-11/h1-9,14-19,21-23H,10H2/t14-,15-,16-,17-,18-,19?/m1/s1. The molecular formula is C19H20ClNO5. The van der Waals surface area contributed by atoms with E-state index >= 15 is 0 Å². The normalized spacial score (nSPS) is 34.1. The van der Waals surface area contributed by atoms with Crippen molar-refractivity contribution < 1.29 is 24.4 Å². The third-order valence-electron chi connectivity index (χ3n) is 4.62. The summed E-state index contributed by atoms with van der Waals surface area (Å²) in [5.74, 6) is 0. The van der Waals surface area contributed by atoms with Crippen molar-refractivity contribution in [1.82, 2.24) is 0 Å². The van der Waals surface area contributed by atoms with E-state index in [1.165, 1.54) is 0 Å². The number of halogens is 1. The lowest BCUT2D eigenvalue weighted by Gasteiger charge is -2.46. The molecule has 2 aliphatic heterocycles. The van der Waals surface area contributed by atoms with Crippen molar-refractivity contribution in [2.45, 2.75) is 36.9 Å². The number of benzene rings is 2. The summed E-state index contributed by atoms with van der Waals surface area (Å²) in [5, 5.41) is 24.6. The van der Waals surface area contributed by atoms with Gasteiger partial charge in [0.15, 0.2) is 12.5 Å². The Morgan fingerprint density at radius 2 is 1.65 bits per heavy atom. The monoisotopic (exact) mass is 377 g/mol. The van der Waals surface area contributed by atoms with Crippen LogP contribution in [0.3, 0.4) is 0 Å². The van der Waals surface area contributed by atoms with Gasteiger partial charge in [-0.05, 0) is 12.1 Å². The van der Waals surface area contributed by atoms with Crippen molar-refractivity contribution in [2.75, 3.05) is 11.9 Å². The molecule has 2 aromatic rings. The van der Waals surface area contributed by atoms with Crippen molar-refractivity contribution in [3.63, 3.8) is 0 Å². The number of aliphatic hydroxyl groups is 2. The van der Waals surface area contributed by atoms with Crippen LogP contribution in [0.15, 0.2) is 54.6 Å². The summed E-state index contributed by atoms with van der Waals surface area (Å²) < 4.78 is 17.5. The number of ether oxygens (including phenoxy) is 3. The smallest absolute Gasteiger partial charge is 0.184 e. The number of aliphatic hydroxyl groups excluding tert-OH is 2. The molecule has 0 amide bonds. The highest BCUT2D eigenvalue weighted by molar-refractivity contribution is 6.33. The number of para-hydroxylation sites is 1. The van der Waals surface area contributed by atoms with Gasteiger partial charge in [-0.15, -0.1) is 0 Å². The predicted octanol–water partition coefficient (Wildman–Crippen LogP) is 2.31. The van der Waals surface area contributed by atoms with Gasteiger partial charge in [-0.25, -0.2) is 0 Å². The van der Waals surface area contributed by atoms with E-state index in [1.54, 1.807) is 12.1 Å². The van der Waals surface area contributed by atoms with E-state index in [9.17, 15) is 10.2 Å². The fourth-order valence-electron chi connectivity index (χ4n) is 3.24. The summed E-state index contributed by atoms with van der Waals surface area (Å²) in [7, 11) is 0. The van der Waals surface area contributed by atoms with Crippen LogP contribution in [0.4, 0.5) is 5.69 Å². The van der Waals surface area contributed by atoms with E-state index in [1.807, 2.05) is 42.5 Å². The average molecular weight is 378 g/mol. The number of nitrogens with one attached hydrogen (secondary N) is 1. The molecule has 1 unspecified atom stereocenters. The molecule has 26 heavy (non-hydrogen) atoms. The maximum Gasteiger partial charge on any atom is 0.184 e. The highest BCUT2D eigenvalue weighted by Crippen LogP contribution is 2.34. The molecule has 2 fully saturated rings. The Kier molecular flexibility index (Phi) is 5.13. The molecule has 2 aliphatic rings. The zero-order chi connectivity index (χ0) is 18.1. The Labute approximate surface area is 156 Å². The van der Waals surface area contributed by atoms with Gasteiger partial charge in [0.25, 0.3) is 0 Å². The Bertz CT molecular complexity index is 744. The molecule has 0 aromatic heterocycles. The molecule has 4 rings (SSSR count). The predicted molar refractivity (Wildman–Crippen MR) is 95.8 cm³/mol. The lowest BCUT2D eigenvalue weighted by molar-refractivity contribution is -0.325. The number of hydrogen-bond donors (Lipinski definition) is 3. The van der Waals surface area contributed by atoms with E-state index in [4.69, 9.17) is 25.8 Å². The van der Waals surface area contributed by atoms with Crippen LogP contribution < -0.4 is 5.32 Å². The molecule has 2 heterocycles. The van der Waals surface area contributed by atoms with Gasteiger partial charge in [0, 0.05) is 5.56 Å². The van der Waals surface area contributed by atoms with Gasteiger partial charge in [0.05, 0.1) is 17.3 Å². The minimum absolute atomic E-state index is 0.245. The first-order chi connectivity index (χ1) is 12.6. The molecule has 138 valence electrons. The van der Waals surface area contributed by atoms with Gasteiger partial charge in [0.1, 0.15) is 24.4 Å².